The Morgan fingerprint density at radius 2 is 1.76 bits per heavy atom. The van der Waals surface area contributed by atoms with E-state index in [-0.39, 0.29) is 66.6 Å². The van der Waals surface area contributed by atoms with Gasteiger partial charge in [-0.1, -0.05) is 42.5 Å². The van der Waals surface area contributed by atoms with Gasteiger partial charge in [-0.3, -0.25) is 39.0 Å². The minimum absolute atomic E-state index is 0.0989. The molecule has 1 aliphatic carbocycles. The number of rotatable bonds is 8. The maximum atomic E-state index is 13.5. The lowest BCUT2D eigenvalue weighted by Crippen LogP contribution is -2.52. The lowest BCUT2D eigenvalue weighted by Gasteiger charge is -2.29. The zero-order valence-corrected chi connectivity index (χ0v) is 24.9. The van der Waals surface area contributed by atoms with Gasteiger partial charge < -0.3 is 15.3 Å². The molecule has 234 valence electrons. The van der Waals surface area contributed by atoms with Crippen LogP contribution in [0, 0.1) is 0 Å². The molecule has 2 aromatic rings. The number of aliphatic hydroxyl groups excluding tert-OH is 1. The Hall–Kier alpha value is -4.48. The van der Waals surface area contributed by atoms with Gasteiger partial charge in [0.1, 0.15) is 6.04 Å². The number of hydrogen-bond acceptors (Lipinski definition) is 8. The molecule has 0 aromatic heterocycles. The number of hydrogen-bond donors (Lipinski definition) is 3. The third-order valence-corrected chi connectivity index (χ3v) is 9.26. The Morgan fingerprint density at radius 3 is 2.49 bits per heavy atom. The van der Waals surface area contributed by atoms with E-state index in [9.17, 15) is 33.9 Å². The second kappa shape index (κ2) is 12.9. The molecule has 1 unspecified atom stereocenters. The van der Waals surface area contributed by atoms with Crippen LogP contribution in [0.2, 0.25) is 0 Å². The van der Waals surface area contributed by atoms with Crippen molar-refractivity contribution in [2.75, 3.05) is 18.4 Å². The molecule has 11 nitrogen and oxygen atoms in total. The summed E-state index contributed by atoms with van der Waals surface area (Å²) in [6.07, 6.45) is 3.39. The van der Waals surface area contributed by atoms with Gasteiger partial charge in [0.15, 0.2) is 11.6 Å². The van der Waals surface area contributed by atoms with E-state index in [1.54, 1.807) is 24.3 Å². The molecule has 3 atom stereocenters. The van der Waals surface area contributed by atoms with Gasteiger partial charge in [-0.25, -0.2) is 0 Å². The fraction of sp³-hybridized carbons (Fsp3) is 0.412. The van der Waals surface area contributed by atoms with Crippen molar-refractivity contribution in [1.82, 2.24) is 15.1 Å². The number of Topliss-reactive ketones (excluding diaryl/α,β-unsaturated/α-hetero) is 2. The van der Waals surface area contributed by atoms with Crippen LogP contribution in [-0.2, 0) is 30.5 Å². The molecule has 6 rings (SSSR count). The summed E-state index contributed by atoms with van der Waals surface area (Å²) < 4.78 is 0. The number of β-amino-alcohol motifs (C(OH)–C–C–N with tert-alkyl or cyclic N) is 1. The normalized spacial score (nSPS) is 25.4. The van der Waals surface area contributed by atoms with E-state index < -0.39 is 24.1 Å². The SMILES string of the molecule is O=C1CCC(N2Cc3c(NC(=O)[C@@H]4C[C@H](O)CN4CCCC=C4C(=O)CC(c5ccccc5)CC4=O)cccc3C2=O)C(=O)N1. The van der Waals surface area contributed by atoms with Crippen molar-refractivity contribution in [2.45, 2.75) is 75.6 Å². The van der Waals surface area contributed by atoms with E-state index >= 15 is 0 Å². The molecule has 3 fully saturated rings. The maximum Gasteiger partial charge on any atom is 0.255 e. The first kappa shape index (κ1) is 30.5. The van der Waals surface area contributed by atoms with Crippen molar-refractivity contribution in [3.8, 4) is 0 Å². The third-order valence-electron chi connectivity index (χ3n) is 9.26. The number of nitrogens with one attached hydrogen (secondary N) is 2. The Balaban J connectivity index is 1.05. The van der Waals surface area contributed by atoms with Gasteiger partial charge in [0.05, 0.1) is 17.7 Å². The molecule has 3 heterocycles. The highest BCUT2D eigenvalue weighted by atomic mass is 16.3. The second-order valence-electron chi connectivity index (χ2n) is 12.2. The summed E-state index contributed by atoms with van der Waals surface area (Å²) in [4.78, 5) is 79.6. The predicted molar refractivity (Wildman–Crippen MR) is 163 cm³/mol. The minimum Gasteiger partial charge on any atom is -0.392 e. The van der Waals surface area contributed by atoms with Gasteiger partial charge in [-0.2, -0.15) is 0 Å². The Kier molecular flexibility index (Phi) is 8.73. The number of ketones is 2. The fourth-order valence-electron chi connectivity index (χ4n) is 6.94. The number of carbonyl (C=O) groups excluding carboxylic acids is 6. The molecule has 0 radical (unpaired) electrons. The van der Waals surface area contributed by atoms with Crippen molar-refractivity contribution < 1.29 is 33.9 Å². The number of nitrogens with zero attached hydrogens (tertiary/aromatic N) is 2. The standard InChI is InChI=1S/C34H36N4O7/c39-22-17-28(37(18-22)14-5-4-9-24-29(40)15-21(16-30(24)41)20-7-2-1-3-8-20)33(44)35-26-11-6-10-23-25(26)19-38(34(23)45)27-12-13-31(42)36-32(27)43/h1-3,6-11,21-22,27-28,39H,4-5,12-19H2,(H,35,44)(H,36,42,43)/t21?,22-,27?,28-/m0/s1. The summed E-state index contributed by atoms with van der Waals surface area (Å²) in [5.41, 5.74) is 2.73. The number of anilines is 1. The molecule has 1 saturated carbocycles. The molecular weight excluding hydrogens is 576 g/mol. The number of aliphatic hydroxyl groups is 1. The van der Waals surface area contributed by atoms with E-state index in [2.05, 4.69) is 10.6 Å². The van der Waals surface area contributed by atoms with Crippen molar-refractivity contribution in [3.05, 3.63) is 76.9 Å². The number of imide groups is 1. The number of carbonyl (C=O) groups is 6. The lowest BCUT2D eigenvalue weighted by atomic mass is 9.79. The van der Waals surface area contributed by atoms with Crippen LogP contribution in [0.1, 0.15) is 72.3 Å². The van der Waals surface area contributed by atoms with Crippen molar-refractivity contribution in [3.63, 3.8) is 0 Å². The van der Waals surface area contributed by atoms with Crippen LogP contribution < -0.4 is 10.6 Å². The lowest BCUT2D eigenvalue weighted by molar-refractivity contribution is -0.137. The number of benzene rings is 2. The van der Waals surface area contributed by atoms with Gasteiger partial charge in [0.2, 0.25) is 17.7 Å². The number of likely N-dealkylation sites (tertiary alicyclic amines) is 1. The van der Waals surface area contributed by atoms with Crippen molar-refractivity contribution in [1.29, 1.82) is 0 Å². The molecule has 4 amide bonds. The highest BCUT2D eigenvalue weighted by molar-refractivity contribution is 6.22. The molecule has 2 saturated heterocycles. The molecule has 0 bridgehead atoms. The minimum atomic E-state index is -0.758. The predicted octanol–water partition coefficient (Wildman–Crippen LogP) is 2.24. The summed E-state index contributed by atoms with van der Waals surface area (Å²) in [5, 5.41) is 15.6. The van der Waals surface area contributed by atoms with E-state index in [0.29, 0.717) is 55.6 Å². The van der Waals surface area contributed by atoms with E-state index in [4.69, 9.17) is 0 Å². The molecule has 3 aliphatic heterocycles. The van der Waals surface area contributed by atoms with E-state index in [1.165, 1.54) is 4.90 Å². The molecule has 45 heavy (non-hydrogen) atoms. The Labute approximate surface area is 260 Å². The van der Waals surface area contributed by atoms with Crippen LogP contribution in [0.5, 0.6) is 0 Å². The van der Waals surface area contributed by atoms with Crippen LogP contribution in [0.15, 0.2) is 60.2 Å². The van der Waals surface area contributed by atoms with Crippen LogP contribution in [-0.4, -0.2) is 81.4 Å². The molecular formula is C34H36N4O7. The largest absolute Gasteiger partial charge is 0.392 e. The average molecular weight is 613 g/mol. The average Bonchev–Trinajstić information content (AvgIpc) is 3.56. The fourth-order valence-corrected chi connectivity index (χ4v) is 6.94. The van der Waals surface area contributed by atoms with Gasteiger partial charge in [-0.05, 0) is 55.8 Å². The quantitative estimate of drug-likeness (QED) is 0.178. The molecule has 11 heteroatoms. The van der Waals surface area contributed by atoms with E-state index in [1.807, 2.05) is 35.2 Å². The first-order valence-corrected chi connectivity index (χ1v) is 15.5. The Bertz CT molecular complexity index is 1570. The summed E-state index contributed by atoms with van der Waals surface area (Å²) >= 11 is 0. The number of piperidine rings is 1. The summed E-state index contributed by atoms with van der Waals surface area (Å²) in [6, 6.07) is 13.3. The number of fused-ring (bicyclic) bond motifs is 1. The highest BCUT2D eigenvalue weighted by Crippen LogP contribution is 2.34. The molecule has 0 spiro atoms. The van der Waals surface area contributed by atoms with Gasteiger partial charge in [0, 0.05) is 49.2 Å². The maximum absolute atomic E-state index is 13.5. The Morgan fingerprint density at radius 1 is 1.00 bits per heavy atom. The zero-order chi connectivity index (χ0) is 31.7. The van der Waals surface area contributed by atoms with Crippen LogP contribution in [0.25, 0.3) is 0 Å². The zero-order valence-electron chi connectivity index (χ0n) is 24.9. The van der Waals surface area contributed by atoms with Crippen LogP contribution in [0.3, 0.4) is 0 Å². The summed E-state index contributed by atoms with van der Waals surface area (Å²) in [5.74, 6) is -1.88. The number of unbranched alkanes of at least 4 members (excludes halogenated alkanes) is 1. The van der Waals surface area contributed by atoms with Gasteiger partial charge >= 0.3 is 0 Å². The molecule has 3 N–H and O–H groups in total. The van der Waals surface area contributed by atoms with Crippen LogP contribution in [0.4, 0.5) is 5.69 Å². The van der Waals surface area contributed by atoms with Crippen molar-refractivity contribution >= 4 is 40.9 Å². The second-order valence-corrected chi connectivity index (χ2v) is 12.2. The first-order valence-electron chi connectivity index (χ1n) is 15.5. The third kappa shape index (κ3) is 6.36. The number of allylic oxidation sites excluding steroid dienone is 2. The van der Waals surface area contributed by atoms with E-state index in [0.717, 1.165) is 5.56 Å². The monoisotopic (exact) mass is 612 g/mol. The van der Waals surface area contributed by atoms with Crippen LogP contribution >= 0.6 is 0 Å². The molecule has 4 aliphatic rings. The molecule has 2 aromatic carbocycles. The van der Waals surface area contributed by atoms with Gasteiger partial charge in [0.25, 0.3) is 5.91 Å². The smallest absolute Gasteiger partial charge is 0.255 e. The first-order chi connectivity index (χ1) is 21.7. The summed E-state index contributed by atoms with van der Waals surface area (Å²) in [7, 11) is 0. The topological polar surface area (TPSA) is 153 Å². The number of amides is 4. The summed E-state index contributed by atoms with van der Waals surface area (Å²) in [6.45, 7) is 0.939. The van der Waals surface area contributed by atoms with Gasteiger partial charge in [-0.15, -0.1) is 0 Å². The highest BCUT2D eigenvalue weighted by Gasteiger charge is 2.41. The van der Waals surface area contributed by atoms with Crippen molar-refractivity contribution in [2.24, 2.45) is 0 Å².